The van der Waals surface area contributed by atoms with Gasteiger partial charge in [0.25, 0.3) is 0 Å². The summed E-state index contributed by atoms with van der Waals surface area (Å²) < 4.78 is 0. The van der Waals surface area contributed by atoms with Crippen LogP contribution < -0.4 is 21.7 Å². The van der Waals surface area contributed by atoms with E-state index in [1.165, 1.54) is 185 Å². The summed E-state index contributed by atoms with van der Waals surface area (Å²) in [5.41, 5.74) is 8.13. The molecular weight excluding hydrogens is 637 g/mol. The van der Waals surface area contributed by atoms with Crippen LogP contribution in [0, 0.1) is 0 Å². The van der Waals surface area contributed by atoms with Crippen molar-refractivity contribution in [1.29, 1.82) is 0 Å². The van der Waals surface area contributed by atoms with Crippen molar-refractivity contribution in [1.82, 2.24) is 16.0 Å². The van der Waals surface area contributed by atoms with E-state index in [9.17, 15) is 4.79 Å². The fourth-order valence-corrected chi connectivity index (χ4v) is 6.19. The quantitative estimate of drug-likeness (QED) is 0.0287. The number of rotatable bonds is 40. The first-order chi connectivity index (χ1) is 25.4. The maximum absolute atomic E-state index is 10.5. The van der Waals surface area contributed by atoms with Crippen LogP contribution in [0.3, 0.4) is 0 Å². The number of hydrogen-bond acceptors (Lipinski definition) is 5. The van der Waals surface area contributed by atoms with E-state index in [1.807, 2.05) is 19.2 Å². The van der Waals surface area contributed by atoms with Gasteiger partial charge in [-0.15, -0.1) is 19.7 Å². The second-order valence-electron chi connectivity index (χ2n) is 14.7. The minimum atomic E-state index is 0.176. The molecule has 1 atom stereocenters. The Bertz CT molecular complexity index is 792. The Kier molecular flexibility index (Phi) is 51.0. The van der Waals surface area contributed by atoms with Crippen molar-refractivity contribution in [2.45, 2.75) is 206 Å². The maximum Gasteiger partial charge on any atom is 0.120 e. The molecule has 0 aromatic carbocycles. The number of nitrogens with one attached hydrogen (secondary N) is 3. The van der Waals surface area contributed by atoms with Gasteiger partial charge in [0.05, 0.1) is 0 Å². The van der Waals surface area contributed by atoms with Gasteiger partial charge in [-0.25, -0.2) is 0 Å². The molecule has 0 saturated heterocycles. The highest BCUT2D eigenvalue weighted by molar-refractivity contribution is 5.49. The molecule has 5 heteroatoms. The summed E-state index contributed by atoms with van der Waals surface area (Å²) in [6.45, 7) is 24.2. The number of unbranched alkanes of at least 4 members (excludes halogenated alkanes) is 22. The van der Waals surface area contributed by atoms with Gasteiger partial charge in [-0.1, -0.05) is 146 Å². The van der Waals surface area contributed by atoms with E-state index >= 15 is 0 Å². The highest BCUT2D eigenvalue weighted by Gasteiger charge is 2.04. The van der Waals surface area contributed by atoms with Gasteiger partial charge in [0.1, 0.15) is 6.29 Å². The molecule has 0 aliphatic rings. The Balaban J connectivity index is -0.000000904. The molecule has 0 bridgehead atoms. The minimum Gasteiger partial charge on any atom is -0.389 e. The fourth-order valence-electron chi connectivity index (χ4n) is 6.19. The minimum absolute atomic E-state index is 0.176. The molecular formula is C47H92N4O. The highest BCUT2D eigenvalue weighted by atomic mass is 16.1. The average Bonchev–Trinajstić information content (AvgIpc) is 3.14. The van der Waals surface area contributed by atoms with Crippen LogP contribution in [-0.4, -0.2) is 39.5 Å². The average molecular weight is 729 g/mol. The molecule has 0 rings (SSSR count). The van der Waals surface area contributed by atoms with Gasteiger partial charge in [-0.3, -0.25) is 0 Å². The largest absolute Gasteiger partial charge is 0.389 e. The fraction of sp³-hybridized carbons (Fsp3) is 0.766. The molecule has 0 aromatic rings. The summed E-state index contributed by atoms with van der Waals surface area (Å²) in [5.74, 6) is 0. The van der Waals surface area contributed by atoms with Crippen molar-refractivity contribution in [2.75, 3.05) is 27.2 Å². The summed E-state index contributed by atoms with van der Waals surface area (Å²) in [4.78, 5) is 10.5. The van der Waals surface area contributed by atoms with Crippen LogP contribution in [0.4, 0.5) is 0 Å². The maximum atomic E-state index is 10.5. The standard InChI is InChI=1S/C26H47NO.C20H40N2.CH5N/c1-4-6-7-8-9-10-11-12-13-14-15-16-17-18-19-20-22-25(3)27-26(5-2)23-21-24-28;1-19(2)15-11-7-5-10-14-18-22-20(3)16-12-8-6-9-13-17-21-4;1-2/h4-5,24,26-27H,1-3,6-23H2;21-22H,1,3,5-18H2,2,4H3;2H2,1H3. The van der Waals surface area contributed by atoms with E-state index < -0.39 is 0 Å². The molecule has 52 heavy (non-hydrogen) atoms. The highest BCUT2D eigenvalue weighted by Crippen LogP contribution is 2.15. The first-order valence-electron chi connectivity index (χ1n) is 21.8. The Morgan fingerprint density at radius 2 is 0.962 bits per heavy atom. The molecule has 0 radical (unpaired) electrons. The van der Waals surface area contributed by atoms with Crippen LogP contribution in [0.5, 0.6) is 0 Å². The Labute approximate surface area is 326 Å². The van der Waals surface area contributed by atoms with Crippen LogP contribution >= 0.6 is 0 Å². The lowest BCUT2D eigenvalue weighted by molar-refractivity contribution is -0.108. The number of allylic oxidation sites excluding steroid dienone is 4. The van der Waals surface area contributed by atoms with Gasteiger partial charge in [0.15, 0.2) is 0 Å². The first kappa shape index (κ1) is 54.2. The molecule has 0 aliphatic heterocycles. The van der Waals surface area contributed by atoms with Crippen LogP contribution in [-0.2, 0) is 4.79 Å². The second-order valence-corrected chi connectivity index (χ2v) is 14.7. The van der Waals surface area contributed by atoms with Gasteiger partial charge in [0, 0.05) is 30.4 Å². The van der Waals surface area contributed by atoms with Crippen molar-refractivity contribution < 1.29 is 4.79 Å². The molecule has 0 amide bonds. The zero-order valence-corrected chi connectivity index (χ0v) is 35.5. The molecule has 306 valence electrons. The van der Waals surface area contributed by atoms with Gasteiger partial charge in [-0.2, -0.15) is 0 Å². The molecule has 0 fully saturated rings. The Hall–Kier alpha value is -2.11. The third-order valence-electron chi connectivity index (χ3n) is 9.47. The van der Waals surface area contributed by atoms with E-state index in [2.05, 4.69) is 61.5 Å². The SMILES string of the molecule is C=C(C)CCCCCCCNC(=C)CCCCCCCNC.C=CCCCCCCCCCCCCCCCCC(=C)NC(C=C)CCC=O.CN. The van der Waals surface area contributed by atoms with Crippen molar-refractivity contribution in [2.24, 2.45) is 5.73 Å². The van der Waals surface area contributed by atoms with Crippen LogP contribution in [0.2, 0.25) is 0 Å². The number of hydrogen-bond donors (Lipinski definition) is 4. The topological polar surface area (TPSA) is 79.2 Å². The van der Waals surface area contributed by atoms with E-state index in [0.717, 1.165) is 44.3 Å². The number of aldehydes is 1. The van der Waals surface area contributed by atoms with Gasteiger partial charge < -0.3 is 26.5 Å². The molecule has 5 N–H and O–H groups in total. The molecule has 5 nitrogen and oxygen atoms in total. The summed E-state index contributed by atoms with van der Waals surface area (Å²) in [5, 5.41) is 10.1. The lowest BCUT2D eigenvalue weighted by Gasteiger charge is -2.17. The first-order valence-corrected chi connectivity index (χ1v) is 21.8. The number of nitrogens with two attached hydrogens (primary N) is 1. The summed E-state index contributed by atoms with van der Waals surface area (Å²) in [6.07, 6.45) is 43.3. The lowest BCUT2D eigenvalue weighted by Crippen LogP contribution is -2.25. The predicted molar refractivity (Wildman–Crippen MR) is 237 cm³/mol. The van der Waals surface area contributed by atoms with E-state index in [1.54, 1.807) is 0 Å². The molecule has 1 unspecified atom stereocenters. The Morgan fingerprint density at radius 3 is 1.38 bits per heavy atom. The van der Waals surface area contributed by atoms with E-state index in [0.29, 0.717) is 6.42 Å². The summed E-state index contributed by atoms with van der Waals surface area (Å²) in [6, 6.07) is 0.176. The van der Waals surface area contributed by atoms with Crippen molar-refractivity contribution >= 4 is 6.29 Å². The van der Waals surface area contributed by atoms with Crippen LogP contribution in [0.1, 0.15) is 200 Å². The molecule has 0 spiro atoms. The normalized spacial score (nSPS) is 10.9. The van der Waals surface area contributed by atoms with Gasteiger partial charge in [0.2, 0.25) is 0 Å². The van der Waals surface area contributed by atoms with E-state index in [4.69, 9.17) is 0 Å². The third-order valence-corrected chi connectivity index (χ3v) is 9.47. The predicted octanol–water partition coefficient (Wildman–Crippen LogP) is 13.2. The Morgan fingerprint density at radius 1 is 0.558 bits per heavy atom. The molecule has 0 aliphatic carbocycles. The van der Waals surface area contributed by atoms with Gasteiger partial charge in [-0.05, 0) is 98.2 Å². The third kappa shape index (κ3) is 50.0. The number of carbonyl (C=O) groups is 1. The van der Waals surface area contributed by atoms with Crippen molar-refractivity contribution in [3.63, 3.8) is 0 Å². The van der Waals surface area contributed by atoms with E-state index in [-0.39, 0.29) is 6.04 Å². The molecule has 0 saturated carbocycles. The molecule has 0 aromatic heterocycles. The zero-order chi connectivity index (χ0) is 39.2. The summed E-state index contributed by atoms with van der Waals surface area (Å²) >= 11 is 0. The van der Waals surface area contributed by atoms with Crippen molar-refractivity contribution in [3.05, 3.63) is 62.0 Å². The van der Waals surface area contributed by atoms with Crippen LogP contribution in [0.25, 0.3) is 0 Å². The summed E-state index contributed by atoms with van der Waals surface area (Å²) in [7, 11) is 3.53. The van der Waals surface area contributed by atoms with Crippen molar-refractivity contribution in [3.8, 4) is 0 Å². The second kappa shape index (κ2) is 48.9. The zero-order valence-electron chi connectivity index (χ0n) is 35.5. The molecule has 0 heterocycles. The number of carbonyl (C=O) groups excluding carboxylic acids is 1. The smallest absolute Gasteiger partial charge is 0.120 e. The lowest BCUT2D eigenvalue weighted by atomic mass is 10.0. The van der Waals surface area contributed by atoms with Gasteiger partial charge >= 0.3 is 0 Å². The monoisotopic (exact) mass is 729 g/mol. The van der Waals surface area contributed by atoms with Crippen LogP contribution in [0.15, 0.2) is 62.0 Å².